The number of carbonyl (C=O) groups is 3. The molecule has 0 aromatic carbocycles. The van der Waals surface area contributed by atoms with E-state index in [1.807, 2.05) is 26.0 Å². The van der Waals surface area contributed by atoms with E-state index >= 15 is 0 Å². The normalized spacial score (nSPS) is 17.6. The van der Waals surface area contributed by atoms with Crippen molar-refractivity contribution >= 4 is 40.6 Å². The van der Waals surface area contributed by atoms with Crippen molar-refractivity contribution in [2.45, 2.75) is 52.5 Å². The van der Waals surface area contributed by atoms with Crippen LogP contribution in [0.4, 0.5) is 11.5 Å². The quantitative estimate of drug-likeness (QED) is 0.391. The SMILES string of the molecule is COC(=O)c1sc(-c2ccc(NC(=O)c3ccco3)nc2)cc1N(C(=O)C1CCC(C)CC1)C(C)C. The molecule has 3 aromatic heterocycles. The summed E-state index contributed by atoms with van der Waals surface area (Å²) in [6, 6.07) is 8.44. The Morgan fingerprint density at radius 1 is 1.17 bits per heavy atom. The molecule has 0 unspecified atom stereocenters. The van der Waals surface area contributed by atoms with Crippen molar-refractivity contribution in [3.8, 4) is 10.4 Å². The van der Waals surface area contributed by atoms with E-state index in [1.54, 1.807) is 29.3 Å². The number of rotatable bonds is 7. The standard InChI is InChI=1S/C27H31N3O5S/c1-16(2)30(26(32)18-9-7-17(3)8-10-18)20-14-22(36-24(20)27(33)34-4)19-11-12-23(28-15-19)29-25(31)21-6-5-13-35-21/h5-6,11-18H,7-10H2,1-4H3,(H,28,29,31). The molecule has 0 aliphatic heterocycles. The maximum atomic E-state index is 13.6. The van der Waals surface area contributed by atoms with Crippen LogP contribution >= 0.6 is 11.3 Å². The lowest BCUT2D eigenvalue weighted by atomic mass is 9.82. The van der Waals surface area contributed by atoms with Gasteiger partial charge in [0.2, 0.25) is 5.91 Å². The Labute approximate surface area is 214 Å². The van der Waals surface area contributed by atoms with Gasteiger partial charge in [0.15, 0.2) is 5.76 Å². The van der Waals surface area contributed by atoms with Crippen molar-refractivity contribution < 1.29 is 23.5 Å². The van der Waals surface area contributed by atoms with Gasteiger partial charge in [-0.15, -0.1) is 11.3 Å². The third-order valence-electron chi connectivity index (χ3n) is 6.50. The molecule has 190 valence electrons. The molecule has 1 fully saturated rings. The second-order valence-corrected chi connectivity index (χ2v) is 10.5. The monoisotopic (exact) mass is 509 g/mol. The summed E-state index contributed by atoms with van der Waals surface area (Å²) in [4.78, 5) is 45.8. The first-order valence-electron chi connectivity index (χ1n) is 12.1. The maximum absolute atomic E-state index is 13.6. The molecule has 3 aromatic rings. The van der Waals surface area contributed by atoms with Crippen LogP contribution < -0.4 is 10.2 Å². The molecule has 0 saturated heterocycles. The molecular weight excluding hydrogens is 478 g/mol. The largest absolute Gasteiger partial charge is 0.465 e. The van der Waals surface area contributed by atoms with Crippen LogP contribution in [-0.4, -0.2) is 35.9 Å². The van der Waals surface area contributed by atoms with Crippen molar-refractivity contribution in [3.63, 3.8) is 0 Å². The summed E-state index contributed by atoms with van der Waals surface area (Å²) in [6.45, 7) is 6.14. The van der Waals surface area contributed by atoms with Crippen molar-refractivity contribution in [1.29, 1.82) is 0 Å². The predicted molar refractivity (Wildman–Crippen MR) is 139 cm³/mol. The van der Waals surface area contributed by atoms with E-state index in [0.29, 0.717) is 22.3 Å². The lowest BCUT2D eigenvalue weighted by Crippen LogP contribution is -2.42. The molecule has 3 heterocycles. The molecular formula is C27H31N3O5S. The van der Waals surface area contributed by atoms with Crippen molar-refractivity contribution in [3.05, 3.63) is 53.4 Å². The number of furan rings is 1. The number of methoxy groups -OCH3 is 1. The van der Waals surface area contributed by atoms with Gasteiger partial charge in [0.05, 0.1) is 19.1 Å². The second-order valence-electron chi connectivity index (χ2n) is 9.44. The number of hydrogen-bond acceptors (Lipinski definition) is 7. The number of hydrogen-bond donors (Lipinski definition) is 1. The van der Waals surface area contributed by atoms with Gasteiger partial charge >= 0.3 is 5.97 Å². The predicted octanol–water partition coefficient (Wildman–Crippen LogP) is 6.01. The number of thiophene rings is 1. The highest BCUT2D eigenvalue weighted by atomic mass is 32.1. The smallest absolute Gasteiger partial charge is 0.350 e. The first kappa shape index (κ1) is 25.6. The van der Waals surface area contributed by atoms with Gasteiger partial charge in [0, 0.05) is 28.6 Å². The van der Waals surface area contributed by atoms with Gasteiger partial charge in [-0.1, -0.05) is 6.92 Å². The topological polar surface area (TPSA) is 102 Å². The third kappa shape index (κ3) is 5.51. The van der Waals surface area contributed by atoms with Crippen LogP contribution in [0.25, 0.3) is 10.4 Å². The molecule has 1 aliphatic rings. The van der Waals surface area contributed by atoms with Gasteiger partial charge in [-0.2, -0.15) is 0 Å². The number of nitrogens with one attached hydrogen (secondary N) is 1. The summed E-state index contributed by atoms with van der Waals surface area (Å²) >= 11 is 1.26. The lowest BCUT2D eigenvalue weighted by molar-refractivity contribution is -0.123. The molecule has 36 heavy (non-hydrogen) atoms. The molecule has 8 nitrogen and oxygen atoms in total. The summed E-state index contributed by atoms with van der Waals surface area (Å²) in [6.07, 6.45) is 6.86. The number of nitrogens with zero attached hydrogens (tertiary/aromatic N) is 2. The minimum Gasteiger partial charge on any atom is -0.465 e. The molecule has 4 rings (SSSR count). The molecule has 0 radical (unpaired) electrons. The van der Waals surface area contributed by atoms with Crippen LogP contribution in [0.5, 0.6) is 0 Å². The summed E-state index contributed by atoms with van der Waals surface area (Å²) in [7, 11) is 1.34. The van der Waals surface area contributed by atoms with E-state index in [1.165, 1.54) is 24.7 Å². The number of esters is 1. The molecule has 0 bridgehead atoms. The zero-order chi connectivity index (χ0) is 25.8. The average molecular weight is 510 g/mol. The van der Waals surface area contributed by atoms with Crippen LogP contribution in [0.3, 0.4) is 0 Å². The molecule has 2 amide bonds. The fourth-order valence-electron chi connectivity index (χ4n) is 4.50. The summed E-state index contributed by atoms with van der Waals surface area (Å²) in [5.74, 6) is 0.339. The van der Waals surface area contributed by atoms with Crippen LogP contribution in [0, 0.1) is 11.8 Å². The second kappa shape index (κ2) is 11.1. The Hall–Kier alpha value is -3.46. The molecule has 1 aliphatic carbocycles. The Morgan fingerprint density at radius 3 is 2.50 bits per heavy atom. The zero-order valence-corrected chi connectivity index (χ0v) is 21.8. The number of anilines is 2. The molecule has 1 saturated carbocycles. The molecule has 0 atom stereocenters. The van der Waals surface area contributed by atoms with Crippen LogP contribution in [0.15, 0.2) is 47.2 Å². The summed E-state index contributed by atoms with van der Waals surface area (Å²) in [5, 5.41) is 2.69. The molecule has 0 spiro atoms. The van der Waals surface area contributed by atoms with Crippen molar-refractivity contribution in [2.24, 2.45) is 11.8 Å². The van der Waals surface area contributed by atoms with E-state index < -0.39 is 11.9 Å². The van der Waals surface area contributed by atoms with E-state index in [4.69, 9.17) is 9.15 Å². The van der Waals surface area contributed by atoms with Gasteiger partial charge < -0.3 is 19.4 Å². The van der Waals surface area contributed by atoms with Crippen molar-refractivity contribution in [1.82, 2.24) is 4.98 Å². The first-order valence-corrected chi connectivity index (χ1v) is 13.0. The van der Waals surface area contributed by atoms with E-state index in [-0.39, 0.29) is 23.6 Å². The van der Waals surface area contributed by atoms with Gasteiger partial charge in [-0.25, -0.2) is 9.78 Å². The Bertz CT molecular complexity index is 1210. The van der Waals surface area contributed by atoms with E-state index in [9.17, 15) is 14.4 Å². The lowest BCUT2D eigenvalue weighted by Gasteiger charge is -2.33. The zero-order valence-electron chi connectivity index (χ0n) is 20.9. The third-order valence-corrected chi connectivity index (χ3v) is 7.65. The Balaban J connectivity index is 1.61. The van der Waals surface area contributed by atoms with Gasteiger partial charge in [0.1, 0.15) is 10.7 Å². The van der Waals surface area contributed by atoms with Crippen LogP contribution in [0.2, 0.25) is 0 Å². The highest BCUT2D eigenvalue weighted by molar-refractivity contribution is 7.18. The number of carbonyl (C=O) groups excluding carboxylic acids is 3. The molecule has 9 heteroatoms. The maximum Gasteiger partial charge on any atom is 0.350 e. The Morgan fingerprint density at radius 2 is 1.92 bits per heavy atom. The highest BCUT2D eigenvalue weighted by Gasteiger charge is 2.33. The van der Waals surface area contributed by atoms with Crippen LogP contribution in [-0.2, 0) is 9.53 Å². The van der Waals surface area contributed by atoms with Crippen molar-refractivity contribution in [2.75, 3.05) is 17.3 Å². The van der Waals surface area contributed by atoms with E-state index in [2.05, 4.69) is 17.2 Å². The van der Waals surface area contributed by atoms with Gasteiger partial charge in [0.25, 0.3) is 5.91 Å². The highest BCUT2D eigenvalue weighted by Crippen LogP contribution is 2.40. The molecule has 1 N–H and O–H groups in total. The van der Waals surface area contributed by atoms with E-state index in [0.717, 1.165) is 36.1 Å². The number of aromatic nitrogens is 1. The summed E-state index contributed by atoms with van der Waals surface area (Å²) in [5.41, 5.74) is 1.32. The first-order chi connectivity index (χ1) is 17.3. The minimum absolute atomic E-state index is 0.0452. The average Bonchev–Trinajstić information content (AvgIpc) is 3.55. The summed E-state index contributed by atoms with van der Waals surface area (Å²) < 4.78 is 10.2. The minimum atomic E-state index is -0.479. The van der Waals surface area contributed by atoms with Crippen LogP contribution in [0.1, 0.15) is 66.7 Å². The fourth-order valence-corrected chi connectivity index (χ4v) is 5.55. The fraction of sp³-hybridized carbons (Fsp3) is 0.407. The number of amides is 2. The van der Waals surface area contributed by atoms with Gasteiger partial charge in [-0.3, -0.25) is 9.59 Å². The Kier molecular flexibility index (Phi) is 7.88. The number of ether oxygens (including phenoxy) is 1. The van der Waals surface area contributed by atoms with Gasteiger partial charge in [-0.05, 0) is 75.8 Å². The number of pyridine rings is 1.